The molecule has 3 aromatic carbocycles. The van der Waals surface area contributed by atoms with E-state index < -0.39 is 24.5 Å². The number of fused-ring (bicyclic) bond motifs is 1. The Balaban J connectivity index is 1.46. The molecule has 8 nitrogen and oxygen atoms in total. The maximum atomic E-state index is 12.6. The highest BCUT2D eigenvalue weighted by Crippen LogP contribution is 2.27. The van der Waals surface area contributed by atoms with E-state index in [0.29, 0.717) is 16.7 Å². The minimum Gasteiger partial charge on any atom is -0.478 e. The van der Waals surface area contributed by atoms with Gasteiger partial charge in [-0.05, 0) is 42.5 Å². The first kappa shape index (κ1) is 19.8. The SMILES string of the molecule is O=C(COC(=O)c1ccccc1-c1nc2ccccc2o1)Nc1cccc(C(=O)O)c1. The van der Waals surface area contributed by atoms with Crippen molar-refractivity contribution in [3.63, 3.8) is 0 Å². The van der Waals surface area contributed by atoms with Crippen LogP contribution in [0.3, 0.4) is 0 Å². The Bertz CT molecular complexity index is 1260. The number of amides is 1. The summed E-state index contributed by atoms with van der Waals surface area (Å²) in [6.45, 7) is -0.544. The van der Waals surface area contributed by atoms with Gasteiger partial charge >= 0.3 is 11.9 Å². The van der Waals surface area contributed by atoms with E-state index in [0.717, 1.165) is 0 Å². The topological polar surface area (TPSA) is 119 Å². The van der Waals surface area contributed by atoms with Crippen LogP contribution < -0.4 is 5.32 Å². The zero-order chi connectivity index (χ0) is 21.8. The first-order valence-electron chi connectivity index (χ1n) is 9.26. The molecule has 0 radical (unpaired) electrons. The number of carbonyl (C=O) groups is 3. The Labute approximate surface area is 176 Å². The van der Waals surface area contributed by atoms with Gasteiger partial charge < -0.3 is 19.6 Å². The van der Waals surface area contributed by atoms with Crippen LogP contribution >= 0.6 is 0 Å². The van der Waals surface area contributed by atoms with Gasteiger partial charge in [0.15, 0.2) is 12.2 Å². The van der Waals surface area contributed by atoms with E-state index >= 15 is 0 Å². The van der Waals surface area contributed by atoms with Crippen LogP contribution in [-0.2, 0) is 9.53 Å². The van der Waals surface area contributed by atoms with E-state index in [-0.39, 0.29) is 22.7 Å². The van der Waals surface area contributed by atoms with E-state index in [1.54, 1.807) is 36.4 Å². The van der Waals surface area contributed by atoms with Crippen LogP contribution in [0.15, 0.2) is 77.2 Å². The number of benzene rings is 3. The molecule has 154 valence electrons. The van der Waals surface area contributed by atoms with Crippen molar-refractivity contribution < 1.29 is 28.6 Å². The second-order valence-corrected chi connectivity index (χ2v) is 6.54. The highest BCUT2D eigenvalue weighted by atomic mass is 16.5. The first-order chi connectivity index (χ1) is 15.0. The molecule has 1 amide bonds. The Morgan fingerprint density at radius 1 is 0.968 bits per heavy atom. The maximum Gasteiger partial charge on any atom is 0.339 e. The van der Waals surface area contributed by atoms with Gasteiger partial charge in [0.05, 0.1) is 16.7 Å². The third-order valence-electron chi connectivity index (χ3n) is 4.40. The van der Waals surface area contributed by atoms with Crippen LogP contribution in [-0.4, -0.2) is 34.5 Å². The molecule has 0 spiro atoms. The molecule has 0 unspecified atom stereocenters. The molecule has 0 bridgehead atoms. The summed E-state index contributed by atoms with van der Waals surface area (Å²) < 4.78 is 10.9. The van der Waals surface area contributed by atoms with Gasteiger partial charge in [-0.1, -0.05) is 30.3 Å². The molecule has 2 N–H and O–H groups in total. The highest BCUT2D eigenvalue weighted by molar-refractivity contribution is 5.99. The summed E-state index contributed by atoms with van der Waals surface area (Å²) in [4.78, 5) is 40.2. The van der Waals surface area contributed by atoms with Gasteiger partial charge in [0.1, 0.15) is 5.52 Å². The normalized spacial score (nSPS) is 10.6. The average Bonchev–Trinajstić information content (AvgIpc) is 3.22. The molecule has 0 aliphatic rings. The molecular weight excluding hydrogens is 400 g/mol. The molecule has 0 saturated heterocycles. The van der Waals surface area contributed by atoms with Crippen LogP contribution in [0.1, 0.15) is 20.7 Å². The number of hydrogen-bond acceptors (Lipinski definition) is 6. The largest absolute Gasteiger partial charge is 0.478 e. The Hall–Kier alpha value is -4.46. The van der Waals surface area contributed by atoms with Crippen LogP contribution in [0.5, 0.6) is 0 Å². The van der Waals surface area contributed by atoms with Crippen molar-refractivity contribution in [3.8, 4) is 11.5 Å². The number of aromatic carboxylic acids is 1. The van der Waals surface area contributed by atoms with Gasteiger partial charge in [-0.3, -0.25) is 4.79 Å². The molecule has 4 aromatic rings. The van der Waals surface area contributed by atoms with Gasteiger partial charge in [-0.25, -0.2) is 14.6 Å². The van der Waals surface area contributed by atoms with Crippen LogP contribution in [0.25, 0.3) is 22.6 Å². The fraction of sp³-hybridized carbons (Fsp3) is 0.0435. The molecule has 4 rings (SSSR count). The third-order valence-corrected chi connectivity index (χ3v) is 4.40. The lowest BCUT2D eigenvalue weighted by atomic mass is 10.1. The summed E-state index contributed by atoms with van der Waals surface area (Å²) in [6.07, 6.45) is 0. The van der Waals surface area contributed by atoms with E-state index in [2.05, 4.69) is 10.3 Å². The molecule has 0 saturated carbocycles. The lowest BCUT2D eigenvalue weighted by Gasteiger charge is -2.09. The van der Waals surface area contributed by atoms with Crippen molar-refractivity contribution in [1.29, 1.82) is 0 Å². The quantitative estimate of drug-likeness (QED) is 0.456. The molecule has 31 heavy (non-hydrogen) atoms. The maximum absolute atomic E-state index is 12.6. The minimum atomic E-state index is -1.11. The van der Waals surface area contributed by atoms with Crippen molar-refractivity contribution >= 4 is 34.6 Å². The predicted molar refractivity (Wildman–Crippen MR) is 112 cm³/mol. The Morgan fingerprint density at radius 2 is 1.74 bits per heavy atom. The van der Waals surface area contributed by atoms with Crippen LogP contribution in [0.2, 0.25) is 0 Å². The number of oxazole rings is 1. The molecule has 1 heterocycles. The number of para-hydroxylation sites is 2. The summed E-state index contributed by atoms with van der Waals surface area (Å²) in [5, 5.41) is 11.5. The number of aromatic nitrogens is 1. The summed E-state index contributed by atoms with van der Waals surface area (Å²) in [6, 6.07) is 19.6. The fourth-order valence-electron chi connectivity index (χ4n) is 2.97. The number of ether oxygens (including phenoxy) is 1. The number of anilines is 1. The summed E-state index contributed by atoms with van der Waals surface area (Å²) >= 11 is 0. The lowest BCUT2D eigenvalue weighted by Crippen LogP contribution is -2.21. The van der Waals surface area contributed by atoms with Gasteiger partial charge in [-0.2, -0.15) is 0 Å². The number of carboxylic acid groups (broad SMARTS) is 1. The van der Waals surface area contributed by atoms with Crippen LogP contribution in [0, 0.1) is 0 Å². The zero-order valence-corrected chi connectivity index (χ0v) is 16.1. The van der Waals surface area contributed by atoms with E-state index in [4.69, 9.17) is 14.3 Å². The second kappa shape index (κ2) is 8.50. The number of esters is 1. The second-order valence-electron chi connectivity index (χ2n) is 6.54. The smallest absolute Gasteiger partial charge is 0.339 e. The highest BCUT2D eigenvalue weighted by Gasteiger charge is 2.19. The van der Waals surface area contributed by atoms with Crippen molar-refractivity contribution in [1.82, 2.24) is 4.98 Å². The summed E-state index contributed by atoms with van der Waals surface area (Å²) in [5.74, 6) is -2.16. The molecule has 0 atom stereocenters. The van der Waals surface area contributed by atoms with E-state index in [1.807, 2.05) is 12.1 Å². The molecule has 1 aromatic heterocycles. The predicted octanol–water partition coefficient (Wildman–Crippen LogP) is 3.99. The first-order valence-corrected chi connectivity index (χ1v) is 9.26. The molecule has 0 aliphatic carbocycles. The van der Waals surface area contributed by atoms with Crippen molar-refractivity contribution in [3.05, 3.63) is 83.9 Å². The van der Waals surface area contributed by atoms with Gasteiger partial charge in [0, 0.05) is 5.69 Å². The monoisotopic (exact) mass is 416 g/mol. The molecule has 8 heteroatoms. The minimum absolute atomic E-state index is 0.0297. The lowest BCUT2D eigenvalue weighted by molar-refractivity contribution is -0.119. The fourth-order valence-corrected chi connectivity index (χ4v) is 2.97. The summed E-state index contributed by atoms with van der Waals surface area (Å²) in [7, 11) is 0. The van der Waals surface area contributed by atoms with Gasteiger partial charge in [0.25, 0.3) is 5.91 Å². The zero-order valence-electron chi connectivity index (χ0n) is 16.1. The number of rotatable bonds is 6. The summed E-state index contributed by atoms with van der Waals surface area (Å²) in [5.41, 5.74) is 2.20. The average molecular weight is 416 g/mol. The Kier molecular flexibility index (Phi) is 5.44. The molecule has 0 fully saturated rings. The number of nitrogens with one attached hydrogen (secondary N) is 1. The van der Waals surface area contributed by atoms with Gasteiger partial charge in [-0.15, -0.1) is 0 Å². The number of carboxylic acids is 1. The number of carbonyl (C=O) groups excluding carboxylic acids is 2. The van der Waals surface area contributed by atoms with Crippen molar-refractivity contribution in [2.45, 2.75) is 0 Å². The molecular formula is C23H16N2O6. The van der Waals surface area contributed by atoms with Crippen molar-refractivity contribution in [2.24, 2.45) is 0 Å². The number of hydrogen-bond donors (Lipinski definition) is 2. The molecule has 0 aliphatic heterocycles. The van der Waals surface area contributed by atoms with Crippen molar-refractivity contribution in [2.75, 3.05) is 11.9 Å². The van der Waals surface area contributed by atoms with E-state index in [1.165, 1.54) is 24.3 Å². The Morgan fingerprint density at radius 3 is 2.55 bits per heavy atom. The van der Waals surface area contributed by atoms with Gasteiger partial charge in [0.2, 0.25) is 5.89 Å². The third kappa shape index (κ3) is 4.43. The standard InChI is InChI=1S/C23H16N2O6/c26-20(24-15-7-5-6-14(12-15)22(27)28)13-30-23(29)17-9-2-1-8-16(17)21-25-18-10-3-4-11-19(18)31-21/h1-12H,13H2,(H,24,26)(H,27,28). The number of nitrogens with zero attached hydrogens (tertiary/aromatic N) is 1. The van der Waals surface area contributed by atoms with Crippen LogP contribution in [0.4, 0.5) is 5.69 Å². The van der Waals surface area contributed by atoms with E-state index in [9.17, 15) is 14.4 Å².